The van der Waals surface area contributed by atoms with E-state index in [0.717, 1.165) is 16.3 Å². The lowest BCUT2D eigenvalue weighted by molar-refractivity contribution is 1.51. The van der Waals surface area contributed by atoms with Gasteiger partial charge in [-0.1, -0.05) is 53.7 Å². The molecule has 0 bridgehead atoms. The molecule has 3 heteroatoms. The number of hydrogen-bond donors (Lipinski definition) is 0. The molecule has 0 saturated carbocycles. The molecule has 0 atom stereocenters. The molecule has 3 rings (SSSR count). The molecule has 0 fully saturated rings. The van der Waals surface area contributed by atoms with Crippen molar-refractivity contribution in [3.63, 3.8) is 0 Å². The van der Waals surface area contributed by atoms with Gasteiger partial charge in [0.15, 0.2) is 0 Å². The van der Waals surface area contributed by atoms with Crippen molar-refractivity contribution in [2.24, 2.45) is 4.99 Å². The van der Waals surface area contributed by atoms with Crippen LogP contribution in [0.4, 0.5) is 5.69 Å². The van der Waals surface area contributed by atoms with Crippen molar-refractivity contribution in [3.8, 4) is 0 Å². The van der Waals surface area contributed by atoms with Crippen LogP contribution >= 0.6 is 23.4 Å². The smallest absolute Gasteiger partial charge is 0.0720 e. The summed E-state index contributed by atoms with van der Waals surface area (Å²) in [5, 5.41) is 0.741. The van der Waals surface area contributed by atoms with Gasteiger partial charge >= 0.3 is 0 Å². The summed E-state index contributed by atoms with van der Waals surface area (Å²) in [6.07, 6.45) is 2.16. The molecule has 1 aliphatic heterocycles. The first kappa shape index (κ1) is 11.6. The Morgan fingerprint density at radius 2 is 1.89 bits per heavy atom. The van der Waals surface area contributed by atoms with Crippen LogP contribution in [0.3, 0.4) is 0 Å². The van der Waals surface area contributed by atoms with E-state index in [1.807, 2.05) is 41.9 Å². The quantitative estimate of drug-likeness (QED) is 0.690. The highest BCUT2D eigenvalue weighted by Gasteiger charge is 2.12. The maximum atomic E-state index is 6.06. The number of fused-ring (bicyclic) bond motifs is 1. The highest BCUT2D eigenvalue weighted by molar-refractivity contribution is 8.20. The summed E-state index contributed by atoms with van der Waals surface area (Å²) in [6, 6.07) is 16.0. The van der Waals surface area contributed by atoms with Gasteiger partial charge in [0.1, 0.15) is 0 Å². The van der Waals surface area contributed by atoms with Gasteiger partial charge in [0, 0.05) is 15.5 Å². The van der Waals surface area contributed by atoms with Gasteiger partial charge in [0.25, 0.3) is 0 Å². The van der Waals surface area contributed by atoms with Gasteiger partial charge in [-0.3, -0.25) is 0 Å². The van der Waals surface area contributed by atoms with Crippen molar-refractivity contribution in [2.75, 3.05) is 0 Å². The fourth-order valence-corrected chi connectivity index (χ4v) is 2.78. The molecule has 1 aliphatic rings. The maximum Gasteiger partial charge on any atom is 0.0720 e. The maximum absolute atomic E-state index is 6.06. The highest BCUT2D eigenvalue weighted by Crippen LogP contribution is 2.39. The van der Waals surface area contributed by atoms with Gasteiger partial charge in [0.2, 0.25) is 0 Å². The number of aliphatic imine (C=N–C) groups is 1. The van der Waals surface area contributed by atoms with Crippen molar-refractivity contribution >= 4 is 45.6 Å². The van der Waals surface area contributed by atoms with Gasteiger partial charge in [-0.05, 0) is 29.8 Å². The summed E-state index contributed by atoms with van der Waals surface area (Å²) in [5.74, 6) is 0. The molecular formula is C15H10ClNS. The number of rotatable bonds is 1. The largest absolute Gasteiger partial charge is 0.249 e. The average molecular weight is 272 g/mol. The van der Waals surface area contributed by atoms with Crippen LogP contribution in [0.15, 0.2) is 53.5 Å². The first-order chi connectivity index (χ1) is 8.83. The van der Waals surface area contributed by atoms with E-state index < -0.39 is 0 Å². The molecule has 0 spiro atoms. The first-order valence-electron chi connectivity index (χ1n) is 5.59. The van der Waals surface area contributed by atoms with Crippen molar-refractivity contribution in [1.29, 1.82) is 0 Å². The van der Waals surface area contributed by atoms with Crippen molar-refractivity contribution in [3.05, 3.63) is 64.7 Å². The van der Waals surface area contributed by atoms with Crippen LogP contribution in [0, 0.1) is 0 Å². The van der Waals surface area contributed by atoms with E-state index >= 15 is 0 Å². The Labute approximate surface area is 115 Å². The third-order valence-corrected chi connectivity index (χ3v) is 3.73. The van der Waals surface area contributed by atoms with E-state index in [9.17, 15) is 0 Å². The summed E-state index contributed by atoms with van der Waals surface area (Å²) in [5.41, 5.74) is 5.12. The van der Waals surface area contributed by atoms with Crippen LogP contribution in [0.2, 0.25) is 5.02 Å². The number of benzene rings is 2. The van der Waals surface area contributed by atoms with E-state index in [-0.39, 0.29) is 0 Å². The Balaban J connectivity index is 2.08. The van der Waals surface area contributed by atoms with Gasteiger partial charge < -0.3 is 0 Å². The minimum atomic E-state index is 0.741. The summed E-state index contributed by atoms with van der Waals surface area (Å²) in [6.45, 7) is 0. The molecule has 0 N–H and O–H groups in total. The van der Waals surface area contributed by atoms with E-state index in [4.69, 9.17) is 11.6 Å². The Kier molecular flexibility index (Phi) is 3.22. The summed E-state index contributed by atoms with van der Waals surface area (Å²) < 4.78 is 0. The second-order valence-electron chi connectivity index (χ2n) is 3.93. The number of nitrogens with zero attached hydrogens (tertiary/aromatic N) is 1. The van der Waals surface area contributed by atoms with Gasteiger partial charge in [-0.2, -0.15) is 0 Å². The topological polar surface area (TPSA) is 12.4 Å². The predicted octanol–water partition coefficient (Wildman–Crippen LogP) is 5.24. The predicted molar refractivity (Wildman–Crippen MR) is 81.5 cm³/mol. The third-order valence-electron chi connectivity index (χ3n) is 2.69. The Morgan fingerprint density at radius 1 is 1.06 bits per heavy atom. The Hall–Kier alpha value is -1.51. The minimum absolute atomic E-state index is 0.741. The molecule has 0 aliphatic carbocycles. The zero-order valence-electron chi connectivity index (χ0n) is 9.51. The normalized spacial score (nSPS) is 15.7. The van der Waals surface area contributed by atoms with E-state index in [1.165, 1.54) is 10.5 Å². The Bertz CT molecular complexity index is 632. The highest BCUT2D eigenvalue weighted by atomic mass is 35.5. The lowest BCUT2D eigenvalue weighted by atomic mass is 10.1. The fraction of sp³-hybridized carbons (Fsp3) is 0. The molecule has 1 heterocycles. The van der Waals surface area contributed by atoms with Crippen molar-refractivity contribution in [2.45, 2.75) is 0 Å². The van der Waals surface area contributed by atoms with Crippen LogP contribution in [0.25, 0.3) is 11.0 Å². The third kappa shape index (κ3) is 2.35. The molecule has 88 valence electrons. The second kappa shape index (κ2) is 5.01. The van der Waals surface area contributed by atoms with Crippen molar-refractivity contribution < 1.29 is 0 Å². The lowest BCUT2D eigenvalue weighted by Gasteiger charge is -2.13. The van der Waals surface area contributed by atoms with Crippen LogP contribution in [0.5, 0.6) is 0 Å². The molecule has 0 radical (unpaired) electrons. The fourth-order valence-electron chi connectivity index (χ4n) is 1.83. The van der Waals surface area contributed by atoms with Crippen LogP contribution < -0.4 is 0 Å². The van der Waals surface area contributed by atoms with Crippen molar-refractivity contribution in [1.82, 2.24) is 0 Å². The van der Waals surface area contributed by atoms with E-state index in [0.29, 0.717) is 0 Å². The number of thioether (sulfide) groups is 1. The SMILES string of the molecule is Clc1ccc2c(c1)C(=Cc1ccccc1)SC=N2. The minimum Gasteiger partial charge on any atom is -0.249 e. The molecule has 0 amide bonds. The molecule has 1 nitrogen and oxygen atoms in total. The van der Waals surface area contributed by atoms with Crippen LogP contribution in [-0.2, 0) is 0 Å². The summed E-state index contributed by atoms with van der Waals surface area (Å²) >= 11 is 7.68. The Morgan fingerprint density at radius 3 is 2.72 bits per heavy atom. The molecule has 0 saturated heterocycles. The van der Waals surface area contributed by atoms with Crippen LogP contribution in [0.1, 0.15) is 11.1 Å². The van der Waals surface area contributed by atoms with Crippen LogP contribution in [-0.4, -0.2) is 5.55 Å². The van der Waals surface area contributed by atoms with E-state index in [1.54, 1.807) is 11.8 Å². The second-order valence-corrected chi connectivity index (χ2v) is 5.26. The monoisotopic (exact) mass is 271 g/mol. The molecule has 0 aromatic heterocycles. The van der Waals surface area contributed by atoms with Gasteiger partial charge in [-0.15, -0.1) is 0 Å². The molecule has 2 aromatic carbocycles. The first-order valence-corrected chi connectivity index (χ1v) is 6.84. The molecular weight excluding hydrogens is 262 g/mol. The zero-order valence-corrected chi connectivity index (χ0v) is 11.1. The van der Waals surface area contributed by atoms with Gasteiger partial charge in [0.05, 0.1) is 11.2 Å². The molecule has 0 unspecified atom stereocenters. The summed E-state index contributed by atoms with van der Waals surface area (Å²) in [4.78, 5) is 5.54. The summed E-state index contributed by atoms with van der Waals surface area (Å²) in [7, 11) is 0. The average Bonchev–Trinajstić information content (AvgIpc) is 2.41. The zero-order chi connectivity index (χ0) is 12.4. The van der Waals surface area contributed by atoms with E-state index in [2.05, 4.69) is 23.2 Å². The number of hydrogen-bond acceptors (Lipinski definition) is 2. The lowest BCUT2D eigenvalue weighted by Crippen LogP contribution is -1.88. The standard InChI is InChI=1S/C15H10ClNS/c16-12-6-7-14-13(9-12)15(18-10-17-14)8-11-4-2-1-3-5-11/h1-10H. The van der Waals surface area contributed by atoms with Gasteiger partial charge in [-0.25, -0.2) is 4.99 Å². The molecule has 18 heavy (non-hydrogen) atoms. The molecule has 2 aromatic rings. The number of halogens is 1.